The van der Waals surface area contributed by atoms with Gasteiger partial charge in [-0.1, -0.05) is 17.7 Å². The van der Waals surface area contributed by atoms with E-state index in [0.29, 0.717) is 0 Å². The summed E-state index contributed by atoms with van der Waals surface area (Å²) < 4.78 is 14.9. The number of pyridine rings is 1. The Balaban J connectivity index is 2.22. The maximum atomic E-state index is 13.1. The number of imidazole rings is 1. The van der Waals surface area contributed by atoms with Crippen LogP contribution in [-0.4, -0.2) is 9.38 Å². The van der Waals surface area contributed by atoms with Crippen LogP contribution in [0.15, 0.2) is 42.7 Å². The Morgan fingerprint density at radius 1 is 1.06 bits per heavy atom. The van der Waals surface area contributed by atoms with Gasteiger partial charge in [0.15, 0.2) is 0 Å². The van der Waals surface area contributed by atoms with Crippen LogP contribution in [0.2, 0.25) is 0 Å². The van der Waals surface area contributed by atoms with Gasteiger partial charge in [0.2, 0.25) is 0 Å². The highest BCUT2D eigenvalue weighted by molar-refractivity contribution is 5.66. The molecule has 0 aliphatic heterocycles. The lowest BCUT2D eigenvalue weighted by Gasteiger charge is -2.03. The molecule has 0 N–H and O–H groups in total. The first-order valence-corrected chi connectivity index (χ1v) is 5.85. The Hall–Kier alpha value is -2.16. The molecule has 3 heteroatoms. The average Bonchev–Trinajstić information content (AvgIpc) is 2.74. The lowest BCUT2D eigenvalue weighted by atomic mass is 10.0. The number of halogens is 1. The van der Waals surface area contributed by atoms with E-state index in [2.05, 4.69) is 37.0 Å². The fourth-order valence-corrected chi connectivity index (χ4v) is 2.11. The van der Waals surface area contributed by atoms with Crippen molar-refractivity contribution in [1.29, 1.82) is 0 Å². The molecule has 0 radical (unpaired) electrons. The van der Waals surface area contributed by atoms with Gasteiger partial charge in [-0.2, -0.15) is 0 Å². The zero-order valence-electron chi connectivity index (χ0n) is 10.3. The van der Waals surface area contributed by atoms with Gasteiger partial charge >= 0.3 is 0 Å². The van der Waals surface area contributed by atoms with Gasteiger partial charge in [0.25, 0.3) is 0 Å². The first-order valence-electron chi connectivity index (χ1n) is 5.85. The Morgan fingerprint density at radius 2 is 1.89 bits per heavy atom. The fraction of sp³-hybridized carbons (Fsp3) is 0.133. The normalized spacial score (nSPS) is 11.1. The molecule has 0 unspecified atom stereocenters. The topological polar surface area (TPSA) is 17.3 Å². The van der Waals surface area contributed by atoms with Crippen molar-refractivity contribution in [2.75, 3.05) is 0 Å². The third-order valence-electron chi connectivity index (χ3n) is 3.08. The molecule has 1 aromatic carbocycles. The van der Waals surface area contributed by atoms with Crippen LogP contribution in [0.1, 0.15) is 11.1 Å². The van der Waals surface area contributed by atoms with E-state index in [1.165, 1.54) is 23.4 Å². The number of nitrogens with zero attached hydrogens (tertiary/aromatic N) is 2. The molecule has 0 aliphatic rings. The molecule has 0 saturated heterocycles. The minimum absolute atomic E-state index is 0.257. The summed E-state index contributed by atoms with van der Waals surface area (Å²) in [5.41, 5.74) is 5.09. The van der Waals surface area contributed by atoms with E-state index < -0.39 is 0 Å². The van der Waals surface area contributed by atoms with Crippen molar-refractivity contribution in [3.05, 3.63) is 59.7 Å². The Morgan fingerprint density at radius 3 is 2.72 bits per heavy atom. The van der Waals surface area contributed by atoms with Crippen molar-refractivity contribution >= 4 is 5.65 Å². The van der Waals surface area contributed by atoms with E-state index in [1.54, 1.807) is 10.5 Å². The lowest BCUT2D eigenvalue weighted by Crippen LogP contribution is -1.84. The molecule has 0 atom stereocenters. The number of rotatable bonds is 1. The van der Waals surface area contributed by atoms with Crippen molar-refractivity contribution in [3.63, 3.8) is 0 Å². The first-order chi connectivity index (χ1) is 8.63. The summed E-state index contributed by atoms with van der Waals surface area (Å²) in [5.74, 6) is -0.257. The van der Waals surface area contributed by atoms with Gasteiger partial charge in [-0.05, 0) is 37.6 Å². The standard InChI is InChI=1S/C15H13FN2/c1-10-3-4-11(2)13(7-10)14-9-18-8-12(16)5-6-15(18)17-14/h3-9H,1-2H3. The van der Waals surface area contributed by atoms with E-state index in [-0.39, 0.29) is 5.82 Å². The molecule has 0 amide bonds. The summed E-state index contributed by atoms with van der Waals surface area (Å²) in [6, 6.07) is 9.37. The second-order valence-corrected chi connectivity index (χ2v) is 4.56. The molecule has 0 aliphatic carbocycles. The van der Waals surface area contributed by atoms with E-state index in [9.17, 15) is 4.39 Å². The Bertz CT molecular complexity index is 728. The molecule has 2 heterocycles. The molecule has 90 valence electrons. The maximum Gasteiger partial charge on any atom is 0.139 e. The van der Waals surface area contributed by atoms with Gasteiger partial charge in [0, 0.05) is 18.0 Å². The van der Waals surface area contributed by atoms with E-state index >= 15 is 0 Å². The quantitative estimate of drug-likeness (QED) is 0.633. The monoisotopic (exact) mass is 240 g/mol. The molecular weight excluding hydrogens is 227 g/mol. The summed E-state index contributed by atoms with van der Waals surface area (Å²) >= 11 is 0. The number of aryl methyl sites for hydroxylation is 2. The molecule has 0 bridgehead atoms. The SMILES string of the molecule is Cc1ccc(C)c(-c2cn3cc(F)ccc3n2)c1. The van der Waals surface area contributed by atoms with Crippen molar-refractivity contribution in [1.82, 2.24) is 9.38 Å². The lowest BCUT2D eigenvalue weighted by molar-refractivity contribution is 0.619. The predicted octanol–water partition coefficient (Wildman–Crippen LogP) is 3.76. The van der Waals surface area contributed by atoms with Crippen LogP contribution in [0.5, 0.6) is 0 Å². The number of benzene rings is 1. The van der Waals surface area contributed by atoms with Crippen LogP contribution >= 0.6 is 0 Å². The molecule has 3 rings (SSSR count). The average molecular weight is 240 g/mol. The second-order valence-electron chi connectivity index (χ2n) is 4.56. The Kier molecular flexibility index (Phi) is 2.40. The summed E-state index contributed by atoms with van der Waals surface area (Å²) in [7, 11) is 0. The molecule has 0 saturated carbocycles. The molecule has 18 heavy (non-hydrogen) atoms. The number of hydrogen-bond donors (Lipinski definition) is 0. The smallest absolute Gasteiger partial charge is 0.139 e. The molecule has 2 nitrogen and oxygen atoms in total. The third kappa shape index (κ3) is 1.78. The van der Waals surface area contributed by atoms with Gasteiger partial charge in [0.05, 0.1) is 5.69 Å². The van der Waals surface area contributed by atoms with Crippen molar-refractivity contribution in [2.45, 2.75) is 13.8 Å². The van der Waals surface area contributed by atoms with Crippen LogP contribution < -0.4 is 0 Å². The predicted molar refractivity (Wildman–Crippen MR) is 70.1 cm³/mol. The van der Waals surface area contributed by atoms with Crippen LogP contribution in [-0.2, 0) is 0 Å². The van der Waals surface area contributed by atoms with E-state index in [1.807, 2.05) is 6.20 Å². The zero-order valence-corrected chi connectivity index (χ0v) is 10.3. The minimum Gasteiger partial charge on any atom is -0.304 e. The highest BCUT2D eigenvalue weighted by atomic mass is 19.1. The van der Waals surface area contributed by atoms with Gasteiger partial charge < -0.3 is 4.40 Å². The van der Waals surface area contributed by atoms with E-state index in [4.69, 9.17) is 0 Å². The summed E-state index contributed by atoms with van der Waals surface area (Å²) in [4.78, 5) is 4.52. The van der Waals surface area contributed by atoms with E-state index in [0.717, 1.165) is 16.9 Å². The largest absolute Gasteiger partial charge is 0.304 e. The summed E-state index contributed by atoms with van der Waals surface area (Å²) in [5, 5.41) is 0. The van der Waals surface area contributed by atoms with Crippen LogP contribution in [0, 0.1) is 19.7 Å². The van der Waals surface area contributed by atoms with Gasteiger partial charge in [0.1, 0.15) is 11.5 Å². The molecule has 0 fully saturated rings. The second kappa shape index (κ2) is 3.95. The van der Waals surface area contributed by atoms with Gasteiger partial charge in [-0.3, -0.25) is 0 Å². The van der Waals surface area contributed by atoms with Crippen LogP contribution in [0.3, 0.4) is 0 Å². The van der Waals surface area contributed by atoms with Gasteiger partial charge in [-0.15, -0.1) is 0 Å². The Labute approximate surface area is 105 Å². The minimum atomic E-state index is -0.257. The number of fused-ring (bicyclic) bond motifs is 1. The highest BCUT2D eigenvalue weighted by Gasteiger charge is 2.07. The number of hydrogen-bond acceptors (Lipinski definition) is 1. The molecule has 2 aromatic heterocycles. The van der Waals surface area contributed by atoms with Gasteiger partial charge in [-0.25, -0.2) is 9.37 Å². The number of aromatic nitrogens is 2. The fourth-order valence-electron chi connectivity index (χ4n) is 2.11. The zero-order chi connectivity index (χ0) is 12.7. The summed E-state index contributed by atoms with van der Waals surface area (Å²) in [6.07, 6.45) is 3.30. The van der Waals surface area contributed by atoms with Crippen molar-refractivity contribution < 1.29 is 4.39 Å². The maximum absolute atomic E-state index is 13.1. The van der Waals surface area contributed by atoms with Crippen LogP contribution in [0.25, 0.3) is 16.9 Å². The van der Waals surface area contributed by atoms with Crippen molar-refractivity contribution in [2.24, 2.45) is 0 Å². The molecular formula is C15H13FN2. The third-order valence-corrected chi connectivity index (χ3v) is 3.08. The van der Waals surface area contributed by atoms with Crippen LogP contribution in [0.4, 0.5) is 4.39 Å². The highest BCUT2D eigenvalue weighted by Crippen LogP contribution is 2.24. The van der Waals surface area contributed by atoms with Crippen molar-refractivity contribution in [3.8, 4) is 11.3 Å². The summed E-state index contributed by atoms with van der Waals surface area (Å²) in [6.45, 7) is 4.11. The first kappa shape index (κ1) is 11.0. The molecule has 0 spiro atoms. The molecule has 3 aromatic rings.